The van der Waals surface area contributed by atoms with E-state index in [4.69, 9.17) is 4.74 Å². The first-order valence-electron chi connectivity index (χ1n) is 10.8. The zero-order valence-electron chi connectivity index (χ0n) is 18.2. The quantitative estimate of drug-likeness (QED) is 0.611. The lowest BCUT2D eigenvalue weighted by Gasteiger charge is -2.24. The summed E-state index contributed by atoms with van der Waals surface area (Å²) < 4.78 is 30.7. The molecule has 2 aromatic carbocycles. The van der Waals surface area contributed by atoms with Crippen molar-refractivity contribution in [2.24, 2.45) is 0 Å². The van der Waals surface area contributed by atoms with Gasteiger partial charge in [-0.3, -0.25) is 4.79 Å². The van der Waals surface area contributed by atoms with Gasteiger partial charge in [0.2, 0.25) is 0 Å². The molecule has 2 atom stereocenters. The fraction of sp³-hybridized carbons (Fsp3) is 0.320. The van der Waals surface area contributed by atoms with Gasteiger partial charge in [0, 0.05) is 36.0 Å². The number of rotatable bonds is 5. The number of amides is 1. The average molecular weight is 451 g/mol. The molecule has 1 amide bonds. The van der Waals surface area contributed by atoms with E-state index in [1.807, 2.05) is 17.0 Å². The van der Waals surface area contributed by atoms with Crippen molar-refractivity contribution in [1.29, 1.82) is 0 Å². The molecule has 2 aliphatic heterocycles. The van der Waals surface area contributed by atoms with Gasteiger partial charge in [0.05, 0.1) is 6.04 Å². The Kier molecular flexibility index (Phi) is 5.12. The topological polar surface area (TPSA) is 75.6 Å². The second-order valence-corrected chi connectivity index (χ2v) is 8.91. The Morgan fingerprint density at radius 2 is 1.82 bits per heavy atom. The summed E-state index contributed by atoms with van der Waals surface area (Å²) in [6.45, 7) is 0.866. The molecule has 0 saturated carbocycles. The lowest BCUT2D eigenvalue weighted by Crippen LogP contribution is -2.23. The van der Waals surface area contributed by atoms with Crippen molar-refractivity contribution in [2.75, 3.05) is 6.54 Å². The molecule has 1 aromatic heterocycles. The molecule has 3 heterocycles. The van der Waals surface area contributed by atoms with Gasteiger partial charge in [-0.2, -0.15) is 8.78 Å². The summed E-state index contributed by atoms with van der Waals surface area (Å²) in [5.74, 6) is 0.256. The molecule has 1 fully saturated rings. The minimum Gasteiger partial charge on any atom is -0.435 e. The van der Waals surface area contributed by atoms with Gasteiger partial charge in [0.25, 0.3) is 5.91 Å². The van der Waals surface area contributed by atoms with Crippen LogP contribution in [0.15, 0.2) is 54.9 Å². The minimum absolute atomic E-state index is 0.0510. The number of carbonyl (C=O) groups is 1. The highest BCUT2D eigenvalue weighted by Crippen LogP contribution is 2.51. The Morgan fingerprint density at radius 1 is 1.09 bits per heavy atom. The summed E-state index contributed by atoms with van der Waals surface area (Å²) >= 11 is 0. The lowest BCUT2D eigenvalue weighted by atomic mass is 9.86. The molecule has 2 aliphatic rings. The van der Waals surface area contributed by atoms with Gasteiger partial charge in [-0.15, -0.1) is 0 Å². The van der Waals surface area contributed by atoms with Gasteiger partial charge >= 0.3 is 6.61 Å². The molecule has 8 heteroatoms. The number of hydrogen-bond donors (Lipinski definition) is 1. The van der Waals surface area contributed by atoms with E-state index in [1.54, 1.807) is 56.6 Å². The van der Waals surface area contributed by atoms with Crippen molar-refractivity contribution < 1.29 is 23.4 Å². The summed E-state index contributed by atoms with van der Waals surface area (Å²) in [5, 5.41) is 10.1. The zero-order chi connectivity index (χ0) is 23.3. The van der Waals surface area contributed by atoms with Crippen molar-refractivity contribution in [2.45, 2.75) is 44.4 Å². The van der Waals surface area contributed by atoms with E-state index in [9.17, 15) is 18.7 Å². The van der Waals surface area contributed by atoms with Crippen LogP contribution in [0.4, 0.5) is 8.78 Å². The minimum atomic E-state index is -2.92. The number of ether oxygens (including phenoxy) is 1. The van der Waals surface area contributed by atoms with Crippen LogP contribution < -0.4 is 4.74 Å². The predicted octanol–water partition coefficient (Wildman–Crippen LogP) is 4.66. The smallest absolute Gasteiger partial charge is 0.387 e. The maximum Gasteiger partial charge on any atom is 0.387 e. The van der Waals surface area contributed by atoms with Crippen molar-refractivity contribution in [3.63, 3.8) is 0 Å². The standard InChI is InChI=1S/C25H23F2N3O3/c1-25(2,32)23-28-12-15(13-29-23)14-7-8-18-19(11-14)21-17(9-10-30(21)22(18)31)16-5-3-4-6-20(16)33-24(26)27/h3-8,11-13,17,21,24,32H,9-10H2,1-2H3/t17-,21-/m0/s1. The number of fused-ring (bicyclic) bond motifs is 3. The molecule has 33 heavy (non-hydrogen) atoms. The molecule has 0 radical (unpaired) electrons. The molecular weight excluding hydrogens is 428 g/mol. The van der Waals surface area contributed by atoms with Gasteiger partial charge in [0.1, 0.15) is 11.4 Å². The largest absolute Gasteiger partial charge is 0.435 e. The molecule has 6 nitrogen and oxygen atoms in total. The summed E-state index contributed by atoms with van der Waals surface area (Å²) in [6, 6.07) is 12.1. The summed E-state index contributed by atoms with van der Waals surface area (Å²) in [5.41, 5.74) is 2.61. The van der Waals surface area contributed by atoms with Crippen LogP contribution in [0, 0.1) is 0 Å². The summed E-state index contributed by atoms with van der Waals surface area (Å²) in [7, 11) is 0. The average Bonchev–Trinajstić information content (AvgIpc) is 3.33. The molecular formula is C25H23F2N3O3. The van der Waals surface area contributed by atoms with E-state index >= 15 is 0 Å². The number of para-hydroxylation sites is 1. The highest BCUT2D eigenvalue weighted by atomic mass is 19.3. The first-order chi connectivity index (χ1) is 15.7. The van der Waals surface area contributed by atoms with E-state index in [1.165, 1.54) is 0 Å². The highest BCUT2D eigenvalue weighted by Gasteiger charge is 2.46. The predicted molar refractivity (Wildman–Crippen MR) is 117 cm³/mol. The van der Waals surface area contributed by atoms with Crippen molar-refractivity contribution in [3.05, 3.63) is 77.4 Å². The van der Waals surface area contributed by atoms with Gasteiger partial charge in [-0.25, -0.2) is 9.97 Å². The molecule has 0 spiro atoms. The summed E-state index contributed by atoms with van der Waals surface area (Å²) in [4.78, 5) is 23.4. The van der Waals surface area contributed by atoms with Gasteiger partial charge in [-0.1, -0.05) is 24.3 Å². The van der Waals surface area contributed by atoms with Crippen LogP contribution in [0.5, 0.6) is 5.75 Å². The summed E-state index contributed by atoms with van der Waals surface area (Å²) in [6.07, 6.45) is 3.95. The van der Waals surface area contributed by atoms with Crippen molar-refractivity contribution >= 4 is 5.91 Å². The van der Waals surface area contributed by atoms with Gasteiger partial charge in [-0.05, 0) is 55.2 Å². The zero-order valence-corrected chi connectivity index (χ0v) is 18.2. The fourth-order valence-corrected chi connectivity index (χ4v) is 4.85. The number of aromatic nitrogens is 2. The van der Waals surface area contributed by atoms with Crippen molar-refractivity contribution in [1.82, 2.24) is 14.9 Å². The number of aliphatic hydroxyl groups is 1. The van der Waals surface area contributed by atoms with E-state index in [-0.39, 0.29) is 23.6 Å². The lowest BCUT2D eigenvalue weighted by molar-refractivity contribution is -0.0507. The first kappa shape index (κ1) is 21.5. The molecule has 1 saturated heterocycles. The van der Waals surface area contributed by atoms with Crippen LogP contribution in [0.3, 0.4) is 0 Å². The molecule has 0 unspecified atom stereocenters. The molecule has 1 N–H and O–H groups in total. The number of carbonyl (C=O) groups excluding carboxylic acids is 1. The highest BCUT2D eigenvalue weighted by molar-refractivity contribution is 6.00. The van der Waals surface area contributed by atoms with Crippen LogP contribution >= 0.6 is 0 Å². The number of hydrogen-bond acceptors (Lipinski definition) is 5. The van der Waals surface area contributed by atoms with Crippen LogP contribution in [0.2, 0.25) is 0 Å². The maximum absolute atomic E-state index is 13.0. The first-order valence-corrected chi connectivity index (χ1v) is 10.8. The second kappa shape index (κ2) is 7.88. The number of alkyl halides is 2. The third kappa shape index (κ3) is 3.74. The number of benzene rings is 2. The SMILES string of the molecule is CC(C)(O)c1ncc(-c2ccc3c(c2)[C@@H]2[C@H](c4ccccc4OC(F)F)CCN2C3=O)cn1. The van der Waals surface area contributed by atoms with E-state index in [0.29, 0.717) is 29.9 Å². The van der Waals surface area contributed by atoms with Crippen LogP contribution in [-0.2, 0) is 5.60 Å². The second-order valence-electron chi connectivity index (χ2n) is 8.91. The third-order valence-electron chi connectivity index (χ3n) is 6.33. The maximum atomic E-state index is 13.0. The Bertz CT molecular complexity index is 1210. The molecule has 0 aliphatic carbocycles. The van der Waals surface area contributed by atoms with Crippen molar-refractivity contribution in [3.8, 4) is 16.9 Å². The molecule has 3 aromatic rings. The van der Waals surface area contributed by atoms with Gasteiger partial charge in [0.15, 0.2) is 5.82 Å². The Hall–Kier alpha value is -3.39. The van der Waals surface area contributed by atoms with Crippen LogP contribution in [0.1, 0.15) is 59.5 Å². The Balaban J connectivity index is 1.53. The Morgan fingerprint density at radius 3 is 2.52 bits per heavy atom. The normalized spacial score (nSPS) is 19.7. The van der Waals surface area contributed by atoms with Crippen LogP contribution in [-0.4, -0.2) is 39.0 Å². The van der Waals surface area contributed by atoms with E-state index in [0.717, 1.165) is 16.7 Å². The molecule has 0 bridgehead atoms. The number of nitrogens with zero attached hydrogens (tertiary/aromatic N) is 3. The van der Waals surface area contributed by atoms with E-state index < -0.39 is 12.2 Å². The van der Waals surface area contributed by atoms with E-state index in [2.05, 4.69) is 9.97 Å². The van der Waals surface area contributed by atoms with Gasteiger partial charge < -0.3 is 14.7 Å². The third-order valence-corrected chi connectivity index (χ3v) is 6.33. The van der Waals surface area contributed by atoms with Crippen LogP contribution in [0.25, 0.3) is 11.1 Å². The number of halogens is 2. The monoisotopic (exact) mass is 451 g/mol. The Labute approximate surface area is 189 Å². The fourth-order valence-electron chi connectivity index (χ4n) is 4.85. The molecule has 170 valence electrons. The molecule has 5 rings (SSSR count).